The molecule has 0 aromatic heterocycles. The van der Waals surface area contributed by atoms with E-state index in [1.165, 1.54) is 19.3 Å². The smallest absolute Gasteiger partial charge is 0.267 e. The standard InChI is InChI=1S/C11H20N2O2/c12-11(15,7-6-8-2-1-3-8)10(14)13-9-4-5-9/h8-9,15H,1-7,12H2,(H,13,14). The first-order valence-electron chi connectivity index (χ1n) is 5.90. The average Bonchev–Trinajstić information content (AvgIpc) is 2.84. The van der Waals surface area contributed by atoms with Gasteiger partial charge < -0.3 is 10.4 Å². The van der Waals surface area contributed by atoms with E-state index < -0.39 is 11.6 Å². The number of hydrogen-bond acceptors (Lipinski definition) is 3. The van der Waals surface area contributed by atoms with E-state index in [2.05, 4.69) is 5.32 Å². The van der Waals surface area contributed by atoms with E-state index in [1.807, 2.05) is 0 Å². The van der Waals surface area contributed by atoms with Gasteiger partial charge in [-0.3, -0.25) is 10.5 Å². The number of nitrogens with one attached hydrogen (secondary N) is 1. The second-order valence-electron chi connectivity index (χ2n) is 5.01. The molecule has 2 aliphatic carbocycles. The molecular weight excluding hydrogens is 192 g/mol. The first-order valence-corrected chi connectivity index (χ1v) is 5.90. The summed E-state index contributed by atoms with van der Waals surface area (Å²) in [4.78, 5) is 11.5. The zero-order valence-electron chi connectivity index (χ0n) is 9.04. The van der Waals surface area contributed by atoms with Crippen molar-refractivity contribution in [1.29, 1.82) is 0 Å². The molecule has 15 heavy (non-hydrogen) atoms. The maximum Gasteiger partial charge on any atom is 0.267 e. The van der Waals surface area contributed by atoms with Gasteiger partial charge in [-0.25, -0.2) is 0 Å². The van der Waals surface area contributed by atoms with E-state index in [-0.39, 0.29) is 6.04 Å². The number of rotatable bonds is 5. The minimum absolute atomic E-state index is 0.260. The number of aliphatic hydroxyl groups is 1. The van der Waals surface area contributed by atoms with Crippen LogP contribution in [0.15, 0.2) is 0 Å². The van der Waals surface area contributed by atoms with Gasteiger partial charge in [0.25, 0.3) is 5.91 Å². The monoisotopic (exact) mass is 212 g/mol. The second kappa shape index (κ2) is 4.10. The van der Waals surface area contributed by atoms with Gasteiger partial charge in [-0.2, -0.15) is 0 Å². The molecule has 2 saturated carbocycles. The van der Waals surface area contributed by atoms with Crippen LogP contribution in [-0.4, -0.2) is 22.8 Å². The molecule has 2 fully saturated rings. The molecule has 2 aliphatic rings. The first kappa shape index (κ1) is 10.9. The van der Waals surface area contributed by atoms with Crippen LogP contribution >= 0.6 is 0 Å². The molecule has 86 valence electrons. The van der Waals surface area contributed by atoms with Crippen LogP contribution in [0.2, 0.25) is 0 Å². The summed E-state index contributed by atoms with van der Waals surface area (Å²) >= 11 is 0. The summed E-state index contributed by atoms with van der Waals surface area (Å²) in [5.41, 5.74) is 3.95. The second-order valence-corrected chi connectivity index (χ2v) is 5.01. The maximum atomic E-state index is 11.5. The Morgan fingerprint density at radius 3 is 2.53 bits per heavy atom. The molecule has 1 amide bonds. The predicted octanol–water partition coefficient (Wildman–Crippen LogP) is 0.493. The number of carbonyl (C=O) groups is 1. The zero-order valence-corrected chi connectivity index (χ0v) is 9.04. The fourth-order valence-corrected chi connectivity index (χ4v) is 1.86. The summed E-state index contributed by atoms with van der Waals surface area (Å²) in [7, 11) is 0. The third kappa shape index (κ3) is 2.92. The van der Waals surface area contributed by atoms with Gasteiger partial charge in [-0.05, 0) is 31.6 Å². The Kier molecular flexibility index (Phi) is 2.98. The highest BCUT2D eigenvalue weighted by molar-refractivity contribution is 5.84. The van der Waals surface area contributed by atoms with E-state index in [0.29, 0.717) is 12.3 Å². The summed E-state index contributed by atoms with van der Waals surface area (Å²) in [6.07, 6.45) is 7.01. The fraction of sp³-hybridized carbons (Fsp3) is 0.909. The van der Waals surface area contributed by atoms with Crippen molar-refractivity contribution in [3.63, 3.8) is 0 Å². The summed E-state index contributed by atoms with van der Waals surface area (Å²) in [6, 6.07) is 0.260. The van der Waals surface area contributed by atoms with Gasteiger partial charge in [0.2, 0.25) is 0 Å². The molecule has 1 atom stereocenters. The number of nitrogens with two attached hydrogens (primary N) is 1. The third-order valence-electron chi connectivity index (χ3n) is 3.46. The fourth-order valence-electron chi connectivity index (χ4n) is 1.86. The highest BCUT2D eigenvalue weighted by Gasteiger charge is 2.35. The maximum absolute atomic E-state index is 11.5. The lowest BCUT2D eigenvalue weighted by atomic mass is 9.81. The minimum atomic E-state index is -1.65. The van der Waals surface area contributed by atoms with Gasteiger partial charge in [0.1, 0.15) is 0 Å². The first-order chi connectivity index (χ1) is 7.08. The highest BCUT2D eigenvalue weighted by atomic mass is 16.3. The molecule has 0 aromatic rings. The van der Waals surface area contributed by atoms with Crippen LogP contribution in [-0.2, 0) is 4.79 Å². The molecule has 4 heteroatoms. The molecule has 0 heterocycles. The molecule has 0 bridgehead atoms. The normalized spacial score (nSPS) is 25.5. The average molecular weight is 212 g/mol. The Morgan fingerprint density at radius 1 is 1.40 bits per heavy atom. The van der Waals surface area contributed by atoms with Gasteiger partial charge in [-0.15, -0.1) is 0 Å². The van der Waals surface area contributed by atoms with Crippen LogP contribution < -0.4 is 11.1 Å². The van der Waals surface area contributed by atoms with Crippen LogP contribution in [0.5, 0.6) is 0 Å². The lowest BCUT2D eigenvalue weighted by Crippen LogP contribution is -2.54. The van der Waals surface area contributed by atoms with E-state index in [0.717, 1.165) is 19.3 Å². The van der Waals surface area contributed by atoms with E-state index >= 15 is 0 Å². The van der Waals surface area contributed by atoms with Gasteiger partial charge in [0.15, 0.2) is 5.72 Å². The van der Waals surface area contributed by atoms with Crippen molar-refractivity contribution in [2.24, 2.45) is 11.7 Å². The van der Waals surface area contributed by atoms with Crippen LogP contribution in [0.3, 0.4) is 0 Å². The molecule has 0 spiro atoms. The SMILES string of the molecule is NC(O)(CCC1CCC1)C(=O)NC1CC1. The van der Waals surface area contributed by atoms with E-state index in [1.54, 1.807) is 0 Å². The molecule has 0 saturated heterocycles. The van der Waals surface area contributed by atoms with Gasteiger partial charge in [0, 0.05) is 6.04 Å². The number of hydrogen-bond donors (Lipinski definition) is 3. The molecule has 0 aliphatic heterocycles. The quantitative estimate of drug-likeness (QED) is 0.581. The van der Waals surface area contributed by atoms with Crippen molar-refractivity contribution in [3.8, 4) is 0 Å². The zero-order chi connectivity index (χ0) is 10.9. The van der Waals surface area contributed by atoms with Crippen molar-refractivity contribution in [1.82, 2.24) is 5.32 Å². The van der Waals surface area contributed by atoms with Crippen LogP contribution in [0.4, 0.5) is 0 Å². The predicted molar refractivity (Wildman–Crippen MR) is 56.9 cm³/mol. The molecule has 0 aromatic carbocycles. The van der Waals surface area contributed by atoms with Gasteiger partial charge in [-0.1, -0.05) is 19.3 Å². The minimum Gasteiger partial charge on any atom is -0.368 e. The van der Waals surface area contributed by atoms with E-state index in [4.69, 9.17) is 5.73 Å². The van der Waals surface area contributed by atoms with Crippen molar-refractivity contribution >= 4 is 5.91 Å². The van der Waals surface area contributed by atoms with Crippen molar-refractivity contribution < 1.29 is 9.90 Å². The Morgan fingerprint density at radius 2 is 2.07 bits per heavy atom. The summed E-state index contributed by atoms with van der Waals surface area (Å²) in [5, 5.41) is 12.5. The van der Waals surface area contributed by atoms with E-state index in [9.17, 15) is 9.90 Å². The summed E-state index contributed by atoms with van der Waals surface area (Å²) in [5.74, 6) is 0.276. The van der Waals surface area contributed by atoms with Crippen molar-refractivity contribution in [2.75, 3.05) is 0 Å². The number of amides is 1. The lowest BCUT2D eigenvalue weighted by Gasteiger charge is -2.29. The Bertz CT molecular complexity index is 245. The molecule has 4 N–H and O–H groups in total. The molecular formula is C11H20N2O2. The van der Waals surface area contributed by atoms with Crippen molar-refractivity contribution in [3.05, 3.63) is 0 Å². The Labute approximate surface area is 90.2 Å². The molecule has 4 nitrogen and oxygen atoms in total. The summed E-state index contributed by atoms with van der Waals surface area (Å²) < 4.78 is 0. The number of carbonyl (C=O) groups excluding carboxylic acids is 1. The molecule has 1 unspecified atom stereocenters. The summed E-state index contributed by atoms with van der Waals surface area (Å²) in [6.45, 7) is 0. The topological polar surface area (TPSA) is 75.3 Å². The Hall–Kier alpha value is -0.610. The van der Waals surface area contributed by atoms with Gasteiger partial charge >= 0.3 is 0 Å². The van der Waals surface area contributed by atoms with Gasteiger partial charge in [0.05, 0.1) is 0 Å². The van der Waals surface area contributed by atoms with Crippen LogP contribution in [0.1, 0.15) is 44.9 Å². The lowest BCUT2D eigenvalue weighted by molar-refractivity contribution is -0.140. The van der Waals surface area contributed by atoms with Crippen LogP contribution in [0.25, 0.3) is 0 Å². The van der Waals surface area contributed by atoms with Crippen molar-refractivity contribution in [2.45, 2.75) is 56.7 Å². The highest BCUT2D eigenvalue weighted by Crippen LogP contribution is 2.31. The third-order valence-corrected chi connectivity index (χ3v) is 3.46. The molecule has 0 radical (unpaired) electrons. The largest absolute Gasteiger partial charge is 0.368 e. The van der Waals surface area contributed by atoms with Crippen LogP contribution in [0, 0.1) is 5.92 Å². The molecule has 2 rings (SSSR count). The Balaban J connectivity index is 1.72.